The van der Waals surface area contributed by atoms with Gasteiger partial charge in [0, 0.05) is 38.3 Å². The van der Waals surface area contributed by atoms with E-state index in [1.165, 1.54) is 12.1 Å². The molecular weight excluding hydrogens is 350 g/mol. The summed E-state index contributed by atoms with van der Waals surface area (Å²) < 4.78 is 27.7. The number of nitrogens with one attached hydrogen (secondary N) is 1. The number of hydrogen-bond donors (Lipinski definition) is 1. The predicted octanol–water partition coefficient (Wildman–Crippen LogP) is 1.55. The van der Waals surface area contributed by atoms with Gasteiger partial charge in [0.25, 0.3) is 5.91 Å². The van der Waals surface area contributed by atoms with E-state index < -0.39 is 10.0 Å². The molecule has 0 atom stereocenters. The van der Waals surface area contributed by atoms with Crippen molar-refractivity contribution in [2.24, 2.45) is 0 Å². The highest BCUT2D eigenvalue weighted by molar-refractivity contribution is 7.89. The van der Waals surface area contributed by atoms with E-state index in [0.717, 1.165) is 18.7 Å². The van der Waals surface area contributed by atoms with Gasteiger partial charge in [0.15, 0.2) is 0 Å². The molecule has 0 aromatic heterocycles. The molecule has 0 spiro atoms. The summed E-state index contributed by atoms with van der Waals surface area (Å²) in [7, 11) is -1.66. The molecule has 0 radical (unpaired) electrons. The maximum Gasteiger partial charge on any atom is 0.253 e. The average Bonchev–Trinajstić information content (AvgIpc) is 2.67. The molecule has 1 fully saturated rings. The lowest BCUT2D eigenvalue weighted by molar-refractivity contribution is 0.0664. The topological polar surface area (TPSA) is 69.7 Å². The molecule has 7 heteroatoms. The first-order valence-electron chi connectivity index (χ1n) is 8.57. The molecule has 2 aromatic rings. The van der Waals surface area contributed by atoms with Crippen LogP contribution in [0.5, 0.6) is 0 Å². The van der Waals surface area contributed by atoms with Crippen molar-refractivity contribution in [2.75, 3.05) is 33.2 Å². The van der Waals surface area contributed by atoms with Crippen LogP contribution < -0.4 is 4.72 Å². The highest BCUT2D eigenvalue weighted by Crippen LogP contribution is 2.15. The summed E-state index contributed by atoms with van der Waals surface area (Å²) in [6.07, 6.45) is 0. The maximum absolute atomic E-state index is 12.7. The van der Waals surface area contributed by atoms with Gasteiger partial charge < -0.3 is 9.80 Å². The minimum atomic E-state index is -3.68. The van der Waals surface area contributed by atoms with E-state index in [-0.39, 0.29) is 17.3 Å². The van der Waals surface area contributed by atoms with E-state index in [2.05, 4.69) is 9.62 Å². The van der Waals surface area contributed by atoms with Crippen molar-refractivity contribution in [1.29, 1.82) is 0 Å². The monoisotopic (exact) mass is 373 g/mol. The van der Waals surface area contributed by atoms with E-state index in [0.29, 0.717) is 18.7 Å². The lowest BCUT2D eigenvalue weighted by Gasteiger charge is -2.32. The molecule has 0 unspecified atom stereocenters. The fourth-order valence-electron chi connectivity index (χ4n) is 2.85. The van der Waals surface area contributed by atoms with Crippen LogP contribution in [0.3, 0.4) is 0 Å². The molecule has 1 amide bonds. The Balaban J connectivity index is 1.72. The molecule has 1 N–H and O–H groups in total. The molecule has 0 bridgehead atoms. The second kappa shape index (κ2) is 7.99. The molecule has 6 nitrogen and oxygen atoms in total. The zero-order chi connectivity index (χ0) is 18.6. The summed E-state index contributed by atoms with van der Waals surface area (Å²) in [5.74, 6) is -0.127. The second-order valence-electron chi connectivity index (χ2n) is 6.43. The van der Waals surface area contributed by atoms with Gasteiger partial charge in [-0.25, -0.2) is 13.1 Å². The van der Waals surface area contributed by atoms with E-state index in [1.807, 2.05) is 37.4 Å². The van der Waals surface area contributed by atoms with Crippen molar-refractivity contribution in [3.05, 3.63) is 65.7 Å². The highest BCUT2D eigenvalue weighted by Gasteiger charge is 2.22. The van der Waals surface area contributed by atoms with E-state index >= 15 is 0 Å². The molecule has 0 aliphatic carbocycles. The van der Waals surface area contributed by atoms with Gasteiger partial charge in [0.1, 0.15) is 0 Å². The van der Waals surface area contributed by atoms with Crippen LogP contribution in [0.2, 0.25) is 0 Å². The number of nitrogens with zero attached hydrogens (tertiary/aromatic N) is 2. The van der Waals surface area contributed by atoms with Crippen molar-refractivity contribution in [1.82, 2.24) is 14.5 Å². The van der Waals surface area contributed by atoms with E-state index in [4.69, 9.17) is 0 Å². The Hall–Kier alpha value is -2.22. The molecule has 1 aliphatic rings. The van der Waals surface area contributed by atoms with Gasteiger partial charge >= 0.3 is 0 Å². The van der Waals surface area contributed by atoms with Gasteiger partial charge in [-0.05, 0) is 30.8 Å². The molecular formula is C19H23N3O3S. The zero-order valence-corrected chi connectivity index (χ0v) is 15.6. The lowest BCUT2D eigenvalue weighted by atomic mass is 10.2. The smallest absolute Gasteiger partial charge is 0.253 e. The summed E-state index contributed by atoms with van der Waals surface area (Å²) in [6, 6.07) is 15.5. The summed E-state index contributed by atoms with van der Waals surface area (Å²) in [5.41, 5.74) is 1.28. The van der Waals surface area contributed by atoms with Crippen LogP contribution in [-0.2, 0) is 16.6 Å². The maximum atomic E-state index is 12.7. The molecule has 1 saturated heterocycles. The zero-order valence-electron chi connectivity index (χ0n) is 14.8. The van der Waals surface area contributed by atoms with Gasteiger partial charge in [0.2, 0.25) is 10.0 Å². The summed E-state index contributed by atoms with van der Waals surface area (Å²) in [4.78, 5) is 16.7. The number of sulfonamides is 1. The van der Waals surface area contributed by atoms with Crippen molar-refractivity contribution >= 4 is 15.9 Å². The third-order valence-corrected chi connectivity index (χ3v) is 5.89. The lowest BCUT2D eigenvalue weighted by Crippen LogP contribution is -2.47. The normalized spacial score (nSPS) is 15.8. The Labute approximate surface area is 154 Å². The Morgan fingerprint density at radius 3 is 2.38 bits per heavy atom. The minimum absolute atomic E-state index is 0.105. The van der Waals surface area contributed by atoms with Gasteiger partial charge in [-0.3, -0.25) is 4.79 Å². The minimum Gasteiger partial charge on any atom is -0.336 e. The molecule has 0 saturated carbocycles. The Morgan fingerprint density at radius 1 is 1.00 bits per heavy atom. The number of hydrogen-bond acceptors (Lipinski definition) is 4. The van der Waals surface area contributed by atoms with Crippen LogP contribution in [0.25, 0.3) is 0 Å². The number of likely N-dealkylation sites (N-methyl/N-ethyl adjacent to an activating group) is 1. The number of carbonyl (C=O) groups is 1. The first-order valence-corrected chi connectivity index (χ1v) is 10.1. The van der Waals surface area contributed by atoms with E-state index in [9.17, 15) is 13.2 Å². The second-order valence-corrected chi connectivity index (χ2v) is 8.20. The SMILES string of the molecule is CN1CCN(C(=O)c2cccc(S(=O)(=O)NCc3ccccc3)c2)CC1. The fraction of sp³-hybridized carbons (Fsp3) is 0.316. The van der Waals surface area contributed by atoms with Crippen LogP contribution in [0.4, 0.5) is 0 Å². The van der Waals surface area contributed by atoms with Gasteiger partial charge in [-0.1, -0.05) is 36.4 Å². The highest BCUT2D eigenvalue weighted by atomic mass is 32.2. The summed E-state index contributed by atoms with van der Waals surface area (Å²) >= 11 is 0. The third kappa shape index (κ3) is 4.49. The van der Waals surface area contributed by atoms with Crippen molar-refractivity contribution < 1.29 is 13.2 Å². The summed E-state index contributed by atoms with van der Waals surface area (Å²) in [6.45, 7) is 3.15. The van der Waals surface area contributed by atoms with E-state index in [1.54, 1.807) is 17.0 Å². The largest absolute Gasteiger partial charge is 0.336 e. The van der Waals surface area contributed by atoms with Gasteiger partial charge in [0.05, 0.1) is 4.90 Å². The molecule has 1 heterocycles. The Kier molecular flexibility index (Phi) is 5.70. The predicted molar refractivity (Wildman–Crippen MR) is 100 cm³/mol. The van der Waals surface area contributed by atoms with Crippen LogP contribution in [-0.4, -0.2) is 57.4 Å². The van der Waals surface area contributed by atoms with Crippen LogP contribution >= 0.6 is 0 Å². The van der Waals surface area contributed by atoms with Gasteiger partial charge in [-0.2, -0.15) is 0 Å². The molecule has 3 rings (SSSR count). The number of benzene rings is 2. The van der Waals surface area contributed by atoms with Gasteiger partial charge in [-0.15, -0.1) is 0 Å². The quantitative estimate of drug-likeness (QED) is 0.863. The molecule has 26 heavy (non-hydrogen) atoms. The Bertz CT molecular complexity index is 861. The third-order valence-electron chi connectivity index (χ3n) is 4.49. The average molecular weight is 373 g/mol. The molecule has 1 aliphatic heterocycles. The summed E-state index contributed by atoms with van der Waals surface area (Å²) in [5, 5.41) is 0. The first kappa shape index (κ1) is 18.6. The standard InChI is InChI=1S/C19H23N3O3S/c1-21-10-12-22(13-11-21)19(23)17-8-5-9-18(14-17)26(24,25)20-15-16-6-3-2-4-7-16/h2-9,14,20H,10-13,15H2,1H3. The van der Waals surface area contributed by atoms with Crippen LogP contribution in [0.1, 0.15) is 15.9 Å². The van der Waals surface area contributed by atoms with Crippen LogP contribution in [0.15, 0.2) is 59.5 Å². The number of piperazine rings is 1. The first-order chi connectivity index (χ1) is 12.5. The fourth-order valence-corrected chi connectivity index (χ4v) is 3.91. The van der Waals surface area contributed by atoms with Crippen molar-refractivity contribution in [2.45, 2.75) is 11.4 Å². The number of amides is 1. The Morgan fingerprint density at radius 2 is 1.69 bits per heavy atom. The molecule has 138 valence electrons. The van der Waals surface area contributed by atoms with Crippen molar-refractivity contribution in [3.8, 4) is 0 Å². The molecule has 2 aromatic carbocycles. The van der Waals surface area contributed by atoms with Crippen molar-refractivity contribution in [3.63, 3.8) is 0 Å². The number of carbonyl (C=O) groups excluding carboxylic acids is 1. The van der Waals surface area contributed by atoms with Crippen LogP contribution in [0, 0.1) is 0 Å². The number of rotatable bonds is 5.